The summed E-state index contributed by atoms with van der Waals surface area (Å²) in [7, 11) is 0. The summed E-state index contributed by atoms with van der Waals surface area (Å²) in [5.74, 6) is 0.943. The van der Waals surface area contributed by atoms with E-state index in [-0.39, 0.29) is 24.2 Å². The van der Waals surface area contributed by atoms with Gasteiger partial charge in [0, 0.05) is 18.9 Å². The lowest BCUT2D eigenvalue weighted by Crippen LogP contribution is -2.43. The zero-order valence-corrected chi connectivity index (χ0v) is 14.7. The van der Waals surface area contributed by atoms with Gasteiger partial charge in [-0.2, -0.15) is 0 Å². The van der Waals surface area contributed by atoms with Gasteiger partial charge in [0.05, 0.1) is 12.1 Å². The summed E-state index contributed by atoms with van der Waals surface area (Å²) in [6.45, 7) is 1.39. The number of nitrogens with two attached hydrogens (primary N) is 1. The van der Waals surface area contributed by atoms with Crippen molar-refractivity contribution in [3.63, 3.8) is 0 Å². The van der Waals surface area contributed by atoms with Crippen LogP contribution in [0.15, 0.2) is 24.3 Å². The van der Waals surface area contributed by atoms with E-state index >= 15 is 0 Å². The van der Waals surface area contributed by atoms with E-state index in [1.54, 1.807) is 0 Å². The number of halogens is 1. The molecule has 1 aromatic carbocycles. The van der Waals surface area contributed by atoms with Crippen LogP contribution in [0.5, 0.6) is 5.75 Å². The van der Waals surface area contributed by atoms with Gasteiger partial charge >= 0.3 is 0 Å². The van der Waals surface area contributed by atoms with Gasteiger partial charge in [-0.15, -0.1) is 12.4 Å². The molecular weight excluding hydrogens is 328 g/mol. The molecular formula is C18H27ClN2O3. The van der Waals surface area contributed by atoms with Gasteiger partial charge in [-0.25, -0.2) is 0 Å². The molecule has 2 aliphatic rings. The number of anilines is 1. The van der Waals surface area contributed by atoms with E-state index in [0.717, 1.165) is 37.1 Å². The van der Waals surface area contributed by atoms with Crippen LogP contribution in [-0.2, 0) is 9.53 Å². The Labute approximate surface area is 149 Å². The Kier molecular flexibility index (Phi) is 7.34. The van der Waals surface area contributed by atoms with Crippen LogP contribution in [0.3, 0.4) is 0 Å². The third-order valence-corrected chi connectivity index (χ3v) is 4.80. The van der Waals surface area contributed by atoms with Crippen LogP contribution < -0.4 is 15.8 Å². The number of hydrogen-bond acceptors (Lipinski definition) is 4. The molecule has 134 valence electrons. The Balaban J connectivity index is 0.00000208. The standard InChI is InChI=1S/C18H26N2O3.ClH/c19-17(13-9-11-22-12-10-13)18(21)20-14-5-7-16(8-6-14)23-15-3-1-2-4-15;/h5-8,13,15,17H,1-4,9-12,19H2,(H,20,21);1H. The van der Waals surface area contributed by atoms with E-state index in [4.69, 9.17) is 15.2 Å². The van der Waals surface area contributed by atoms with Crippen molar-refractivity contribution in [3.8, 4) is 5.75 Å². The van der Waals surface area contributed by atoms with Gasteiger partial charge in [0.2, 0.25) is 5.91 Å². The smallest absolute Gasteiger partial charge is 0.241 e. The SMILES string of the molecule is Cl.NC(C(=O)Nc1ccc(OC2CCCC2)cc1)C1CCOCC1. The van der Waals surface area contributed by atoms with Crippen molar-refractivity contribution in [1.82, 2.24) is 0 Å². The first-order chi connectivity index (χ1) is 11.2. The van der Waals surface area contributed by atoms with Crippen LogP contribution in [0.25, 0.3) is 0 Å². The van der Waals surface area contributed by atoms with Crippen molar-refractivity contribution in [2.45, 2.75) is 50.7 Å². The van der Waals surface area contributed by atoms with Crippen LogP contribution in [0, 0.1) is 5.92 Å². The summed E-state index contributed by atoms with van der Waals surface area (Å²) in [5, 5.41) is 2.90. The second-order valence-corrected chi connectivity index (χ2v) is 6.51. The van der Waals surface area contributed by atoms with E-state index in [9.17, 15) is 4.79 Å². The van der Waals surface area contributed by atoms with Gasteiger partial charge in [-0.1, -0.05) is 0 Å². The molecule has 0 aromatic heterocycles. The molecule has 6 heteroatoms. The number of nitrogens with one attached hydrogen (secondary N) is 1. The van der Waals surface area contributed by atoms with Crippen molar-refractivity contribution in [1.29, 1.82) is 0 Å². The third kappa shape index (κ3) is 5.10. The molecule has 0 bridgehead atoms. The summed E-state index contributed by atoms with van der Waals surface area (Å²) < 4.78 is 11.2. The van der Waals surface area contributed by atoms with Crippen molar-refractivity contribution < 1.29 is 14.3 Å². The van der Waals surface area contributed by atoms with E-state index in [1.165, 1.54) is 12.8 Å². The monoisotopic (exact) mass is 354 g/mol. The molecule has 1 aliphatic carbocycles. The first kappa shape index (κ1) is 19.0. The topological polar surface area (TPSA) is 73.6 Å². The summed E-state index contributed by atoms with van der Waals surface area (Å²) in [6, 6.07) is 7.09. The molecule has 24 heavy (non-hydrogen) atoms. The Hall–Kier alpha value is -1.30. The zero-order chi connectivity index (χ0) is 16.1. The molecule has 1 saturated heterocycles. The van der Waals surface area contributed by atoms with E-state index in [0.29, 0.717) is 19.3 Å². The Morgan fingerprint density at radius 1 is 1.12 bits per heavy atom. The molecule has 1 saturated carbocycles. The summed E-state index contributed by atoms with van der Waals surface area (Å²) in [4.78, 5) is 12.3. The van der Waals surface area contributed by atoms with Crippen LogP contribution in [0.4, 0.5) is 5.69 Å². The minimum Gasteiger partial charge on any atom is -0.490 e. The Bertz CT molecular complexity index is 512. The molecule has 3 rings (SSSR count). The molecule has 1 aliphatic heterocycles. The number of carbonyl (C=O) groups is 1. The number of hydrogen-bond donors (Lipinski definition) is 2. The van der Waals surface area contributed by atoms with Gasteiger partial charge in [0.25, 0.3) is 0 Å². The predicted molar refractivity (Wildman–Crippen MR) is 96.7 cm³/mol. The lowest BCUT2D eigenvalue weighted by atomic mass is 9.92. The normalized spacial score (nSPS) is 20.2. The first-order valence-corrected chi connectivity index (χ1v) is 8.63. The predicted octanol–water partition coefficient (Wildman–Crippen LogP) is 3.12. The lowest BCUT2D eigenvalue weighted by Gasteiger charge is -2.26. The number of ether oxygens (including phenoxy) is 2. The summed E-state index contributed by atoms with van der Waals surface area (Å²) in [5.41, 5.74) is 6.85. The number of carbonyl (C=O) groups excluding carboxylic acids is 1. The fourth-order valence-corrected chi connectivity index (χ4v) is 3.33. The van der Waals surface area contributed by atoms with Gasteiger partial charge < -0.3 is 20.5 Å². The van der Waals surface area contributed by atoms with E-state index in [1.807, 2.05) is 24.3 Å². The zero-order valence-electron chi connectivity index (χ0n) is 13.9. The highest BCUT2D eigenvalue weighted by molar-refractivity contribution is 5.94. The summed E-state index contributed by atoms with van der Waals surface area (Å²) in [6.07, 6.45) is 6.83. The molecule has 1 amide bonds. The number of amides is 1. The fourth-order valence-electron chi connectivity index (χ4n) is 3.33. The molecule has 0 radical (unpaired) electrons. The summed E-state index contributed by atoms with van der Waals surface area (Å²) >= 11 is 0. The molecule has 3 N–H and O–H groups in total. The number of benzene rings is 1. The third-order valence-electron chi connectivity index (χ3n) is 4.80. The van der Waals surface area contributed by atoms with Gasteiger partial charge in [-0.05, 0) is 68.7 Å². The van der Waals surface area contributed by atoms with Crippen molar-refractivity contribution in [2.24, 2.45) is 11.7 Å². The van der Waals surface area contributed by atoms with Crippen molar-refractivity contribution >= 4 is 24.0 Å². The molecule has 2 fully saturated rings. The lowest BCUT2D eigenvalue weighted by molar-refractivity contribution is -0.119. The average Bonchev–Trinajstić information content (AvgIpc) is 3.10. The maximum absolute atomic E-state index is 12.3. The highest BCUT2D eigenvalue weighted by Crippen LogP contribution is 2.25. The highest BCUT2D eigenvalue weighted by Gasteiger charge is 2.26. The van der Waals surface area contributed by atoms with E-state index in [2.05, 4.69) is 5.32 Å². The van der Waals surface area contributed by atoms with Gasteiger partial charge in [0.15, 0.2) is 0 Å². The van der Waals surface area contributed by atoms with E-state index < -0.39 is 6.04 Å². The van der Waals surface area contributed by atoms with Crippen molar-refractivity contribution in [3.05, 3.63) is 24.3 Å². The maximum Gasteiger partial charge on any atom is 0.241 e. The second kappa shape index (κ2) is 9.25. The molecule has 1 heterocycles. The highest BCUT2D eigenvalue weighted by atomic mass is 35.5. The molecule has 1 aromatic rings. The van der Waals surface area contributed by atoms with Crippen LogP contribution in [0.2, 0.25) is 0 Å². The average molecular weight is 355 g/mol. The molecule has 5 nitrogen and oxygen atoms in total. The Morgan fingerprint density at radius 2 is 1.75 bits per heavy atom. The minimum absolute atomic E-state index is 0. The largest absolute Gasteiger partial charge is 0.490 e. The molecule has 1 atom stereocenters. The minimum atomic E-state index is -0.478. The van der Waals surface area contributed by atoms with Crippen LogP contribution in [-0.4, -0.2) is 31.3 Å². The Morgan fingerprint density at radius 3 is 2.38 bits per heavy atom. The quantitative estimate of drug-likeness (QED) is 0.852. The number of rotatable bonds is 5. The van der Waals surface area contributed by atoms with Crippen LogP contribution >= 0.6 is 12.4 Å². The maximum atomic E-state index is 12.3. The fraction of sp³-hybridized carbons (Fsp3) is 0.611. The first-order valence-electron chi connectivity index (χ1n) is 8.63. The second-order valence-electron chi connectivity index (χ2n) is 6.51. The van der Waals surface area contributed by atoms with Crippen LogP contribution in [0.1, 0.15) is 38.5 Å². The molecule has 0 spiro atoms. The van der Waals surface area contributed by atoms with Gasteiger partial charge in [-0.3, -0.25) is 4.79 Å². The van der Waals surface area contributed by atoms with Gasteiger partial charge in [0.1, 0.15) is 5.75 Å². The van der Waals surface area contributed by atoms with Crippen molar-refractivity contribution in [2.75, 3.05) is 18.5 Å². The molecule has 1 unspecified atom stereocenters.